The van der Waals surface area contributed by atoms with Gasteiger partial charge in [-0.1, -0.05) is 12.1 Å². The van der Waals surface area contributed by atoms with Gasteiger partial charge in [0.25, 0.3) is 5.56 Å². The van der Waals surface area contributed by atoms with Gasteiger partial charge in [-0.2, -0.15) is 0 Å². The lowest BCUT2D eigenvalue weighted by Crippen LogP contribution is -2.43. The van der Waals surface area contributed by atoms with Gasteiger partial charge in [-0.25, -0.2) is 0 Å². The summed E-state index contributed by atoms with van der Waals surface area (Å²) >= 11 is 5.29. The number of ether oxygens (including phenoxy) is 1. The number of carbonyl (C=O) groups is 1. The Hall–Kier alpha value is -1.99. The number of fused-ring (bicyclic) bond motifs is 1. The molecule has 1 amide bonds. The molecule has 1 saturated heterocycles. The number of nitrogens with one attached hydrogen (secondary N) is 2. The summed E-state index contributed by atoms with van der Waals surface area (Å²) in [6.07, 6.45) is 4.77. The van der Waals surface area contributed by atoms with E-state index < -0.39 is 0 Å². The first kappa shape index (κ1) is 17.4. The Bertz CT molecular complexity index is 932. The average Bonchev–Trinajstić information content (AvgIpc) is 3.47. The molecule has 2 fully saturated rings. The molecular weight excluding hydrogens is 350 g/mol. The molecule has 26 heavy (non-hydrogen) atoms. The fourth-order valence-electron chi connectivity index (χ4n) is 3.67. The van der Waals surface area contributed by atoms with Crippen molar-refractivity contribution in [3.8, 4) is 0 Å². The second-order valence-corrected chi connectivity index (χ2v) is 7.60. The zero-order chi connectivity index (χ0) is 18.1. The first-order valence-corrected chi connectivity index (χ1v) is 9.65. The minimum Gasteiger partial charge on any atom is -0.378 e. The van der Waals surface area contributed by atoms with Gasteiger partial charge >= 0.3 is 0 Å². The summed E-state index contributed by atoms with van der Waals surface area (Å²) in [5, 5.41) is 3.68. The third kappa shape index (κ3) is 3.73. The van der Waals surface area contributed by atoms with Crippen molar-refractivity contribution in [2.24, 2.45) is 5.92 Å². The van der Waals surface area contributed by atoms with Crippen molar-refractivity contribution in [1.29, 1.82) is 0 Å². The van der Waals surface area contributed by atoms with Crippen molar-refractivity contribution in [3.63, 3.8) is 0 Å². The van der Waals surface area contributed by atoms with Gasteiger partial charge in [0.15, 0.2) is 4.77 Å². The molecule has 1 aliphatic heterocycles. The van der Waals surface area contributed by atoms with Gasteiger partial charge in [0, 0.05) is 25.6 Å². The van der Waals surface area contributed by atoms with Crippen LogP contribution in [0.5, 0.6) is 0 Å². The lowest BCUT2D eigenvalue weighted by atomic mass is 10.00. The molecule has 0 radical (unpaired) electrons. The summed E-state index contributed by atoms with van der Waals surface area (Å²) in [4.78, 5) is 28.0. The molecule has 1 aliphatic carbocycles. The maximum absolute atomic E-state index is 12.6. The minimum atomic E-state index is -0.156. The number of aromatic nitrogens is 2. The molecule has 7 heteroatoms. The molecule has 2 aromatic rings. The van der Waals surface area contributed by atoms with Gasteiger partial charge < -0.3 is 15.0 Å². The molecule has 1 saturated carbocycles. The Morgan fingerprint density at radius 3 is 2.92 bits per heavy atom. The number of amides is 1. The van der Waals surface area contributed by atoms with E-state index in [1.807, 2.05) is 18.2 Å². The number of para-hydroxylation sites is 1. The molecule has 2 unspecified atom stereocenters. The van der Waals surface area contributed by atoms with Crippen LogP contribution in [0.2, 0.25) is 0 Å². The van der Waals surface area contributed by atoms with Gasteiger partial charge in [0.05, 0.1) is 17.0 Å². The van der Waals surface area contributed by atoms with Crippen LogP contribution >= 0.6 is 12.2 Å². The highest BCUT2D eigenvalue weighted by Crippen LogP contribution is 2.38. The second kappa shape index (κ2) is 7.32. The molecule has 2 atom stereocenters. The van der Waals surface area contributed by atoms with E-state index in [0.717, 1.165) is 18.4 Å². The number of hydrogen-bond acceptors (Lipinski definition) is 4. The Balaban J connectivity index is 1.39. The summed E-state index contributed by atoms with van der Waals surface area (Å²) in [5.74, 6) is 0.644. The fraction of sp³-hybridized carbons (Fsp3) is 0.526. The number of carbonyl (C=O) groups excluding carboxylic acids is 1. The Morgan fingerprint density at radius 1 is 1.31 bits per heavy atom. The molecule has 138 valence electrons. The van der Waals surface area contributed by atoms with E-state index in [1.54, 1.807) is 6.07 Å². The van der Waals surface area contributed by atoms with Crippen molar-refractivity contribution >= 4 is 29.0 Å². The maximum atomic E-state index is 12.6. The summed E-state index contributed by atoms with van der Waals surface area (Å²) in [6.45, 7) is 0.988. The monoisotopic (exact) mass is 373 g/mol. The van der Waals surface area contributed by atoms with E-state index in [2.05, 4.69) is 10.3 Å². The summed E-state index contributed by atoms with van der Waals surface area (Å²) < 4.78 is 7.62. The number of rotatable bonds is 5. The van der Waals surface area contributed by atoms with E-state index in [9.17, 15) is 9.59 Å². The number of benzene rings is 1. The van der Waals surface area contributed by atoms with Crippen molar-refractivity contribution in [2.75, 3.05) is 6.61 Å². The molecule has 2 heterocycles. The van der Waals surface area contributed by atoms with Crippen molar-refractivity contribution < 1.29 is 9.53 Å². The van der Waals surface area contributed by atoms with Crippen molar-refractivity contribution in [1.82, 2.24) is 14.9 Å². The third-order valence-corrected chi connectivity index (χ3v) is 5.60. The summed E-state index contributed by atoms with van der Waals surface area (Å²) in [5.41, 5.74) is 0.563. The van der Waals surface area contributed by atoms with Gasteiger partial charge in [0.2, 0.25) is 5.91 Å². The fourth-order valence-corrected chi connectivity index (χ4v) is 3.95. The zero-order valence-corrected chi connectivity index (χ0v) is 15.4. The van der Waals surface area contributed by atoms with E-state index >= 15 is 0 Å². The van der Waals surface area contributed by atoms with E-state index in [-0.39, 0.29) is 30.5 Å². The molecule has 2 N–H and O–H groups in total. The standard InChI is InChI=1S/C19H23N3O3S/c23-17(20-13-8-10-25-16(11-13)12-5-6-12)7-9-22-18(24)14-3-1-2-4-15(14)21-19(22)26/h1-4,12-13,16H,5-11H2,(H,20,23)(H,21,26). The highest BCUT2D eigenvalue weighted by molar-refractivity contribution is 7.71. The van der Waals surface area contributed by atoms with Crippen LogP contribution in [0, 0.1) is 10.7 Å². The lowest BCUT2D eigenvalue weighted by molar-refractivity contribution is -0.123. The van der Waals surface area contributed by atoms with Crippen LogP contribution < -0.4 is 10.9 Å². The molecule has 1 aromatic heterocycles. The third-order valence-electron chi connectivity index (χ3n) is 5.28. The zero-order valence-electron chi connectivity index (χ0n) is 14.6. The largest absolute Gasteiger partial charge is 0.378 e. The quantitative estimate of drug-likeness (QED) is 0.790. The van der Waals surface area contributed by atoms with Crippen LogP contribution in [0.4, 0.5) is 0 Å². The second-order valence-electron chi connectivity index (χ2n) is 7.22. The number of hydrogen-bond donors (Lipinski definition) is 2. The summed E-state index contributed by atoms with van der Waals surface area (Å²) in [6, 6.07) is 7.43. The van der Waals surface area contributed by atoms with Crippen LogP contribution in [0.25, 0.3) is 10.9 Å². The number of H-pyrrole nitrogens is 1. The van der Waals surface area contributed by atoms with Gasteiger partial charge in [0.1, 0.15) is 0 Å². The van der Waals surface area contributed by atoms with Crippen molar-refractivity contribution in [3.05, 3.63) is 39.4 Å². The molecular formula is C19H23N3O3S. The SMILES string of the molecule is O=C(CCn1c(=S)[nH]c2ccccc2c1=O)NC1CCOC(C2CC2)C1. The van der Waals surface area contributed by atoms with Gasteiger partial charge in [-0.05, 0) is 56.0 Å². The highest BCUT2D eigenvalue weighted by Gasteiger charge is 2.36. The Labute approximate surface area is 156 Å². The first-order valence-electron chi connectivity index (χ1n) is 9.24. The minimum absolute atomic E-state index is 0.0408. The van der Waals surface area contributed by atoms with E-state index in [4.69, 9.17) is 17.0 Å². The Kier molecular flexibility index (Phi) is 4.91. The average molecular weight is 373 g/mol. The molecule has 0 spiro atoms. The van der Waals surface area contributed by atoms with Crippen LogP contribution in [-0.2, 0) is 16.1 Å². The van der Waals surface area contributed by atoms with Gasteiger partial charge in [-0.3, -0.25) is 14.2 Å². The van der Waals surface area contributed by atoms with Crippen molar-refractivity contribution in [2.45, 2.75) is 50.8 Å². The van der Waals surface area contributed by atoms with Crippen LogP contribution in [0.3, 0.4) is 0 Å². The summed E-state index contributed by atoms with van der Waals surface area (Å²) in [7, 11) is 0. The Morgan fingerprint density at radius 2 is 2.12 bits per heavy atom. The normalized spacial score (nSPS) is 23.1. The predicted molar refractivity (Wildman–Crippen MR) is 102 cm³/mol. The molecule has 1 aromatic carbocycles. The molecule has 0 bridgehead atoms. The van der Waals surface area contributed by atoms with Crippen LogP contribution in [0.1, 0.15) is 32.1 Å². The molecule has 2 aliphatic rings. The smallest absolute Gasteiger partial charge is 0.262 e. The predicted octanol–water partition coefficient (Wildman–Crippen LogP) is 2.52. The number of nitrogens with zero attached hydrogens (tertiary/aromatic N) is 1. The van der Waals surface area contributed by atoms with Crippen LogP contribution in [0.15, 0.2) is 29.1 Å². The maximum Gasteiger partial charge on any atom is 0.262 e. The molecule has 4 rings (SSSR count). The highest BCUT2D eigenvalue weighted by atomic mass is 32.1. The first-order chi connectivity index (χ1) is 12.6. The topological polar surface area (TPSA) is 76.1 Å². The lowest BCUT2D eigenvalue weighted by Gasteiger charge is -2.30. The van der Waals surface area contributed by atoms with E-state index in [0.29, 0.717) is 28.8 Å². The number of aromatic amines is 1. The molecule has 6 nitrogen and oxygen atoms in total. The van der Waals surface area contributed by atoms with Crippen LogP contribution in [-0.4, -0.2) is 34.2 Å². The van der Waals surface area contributed by atoms with Gasteiger partial charge in [-0.15, -0.1) is 0 Å². The van der Waals surface area contributed by atoms with E-state index in [1.165, 1.54) is 17.4 Å².